The van der Waals surface area contributed by atoms with E-state index in [2.05, 4.69) is 36.6 Å². The molecule has 0 aliphatic carbocycles. The van der Waals surface area contributed by atoms with Crippen molar-refractivity contribution in [3.8, 4) is 0 Å². The Hall–Kier alpha value is -2.79. The van der Waals surface area contributed by atoms with Gasteiger partial charge < -0.3 is 100 Å². The second-order valence-electron chi connectivity index (χ2n) is 26.4. The monoisotopic (exact) mass is 1330 g/mol. The van der Waals surface area contributed by atoms with E-state index in [0.29, 0.717) is 12.8 Å². The van der Waals surface area contributed by atoms with Crippen molar-refractivity contribution < 1.29 is 104 Å². The van der Waals surface area contributed by atoms with E-state index in [4.69, 9.17) is 28.4 Å². The first-order chi connectivity index (χ1) is 44.9. The van der Waals surface area contributed by atoms with Crippen LogP contribution in [0, 0.1) is 0 Å². The molecule has 0 aromatic carbocycles. The molecule has 2 amide bonds. The van der Waals surface area contributed by atoms with Crippen molar-refractivity contribution in [3.05, 3.63) is 24.3 Å². The molecule has 18 unspecified atom stereocenters. The molecule has 3 aliphatic rings. The van der Waals surface area contributed by atoms with Gasteiger partial charge in [0.1, 0.15) is 67.1 Å². The Balaban J connectivity index is 1.59. The van der Waals surface area contributed by atoms with Crippen molar-refractivity contribution in [1.82, 2.24) is 10.6 Å². The van der Waals surface area contributed by atoms with E-state index in [1.165, 1.54) is 148 Å². The van der Waals surface area contributed by atoms with Gasteiger partial charge in [0, 0.05) is 19.8 Å². The molecule has 3 fully saturated rings. The molecule has 3 aliphatic heterocycles. The second kappa shape index (κ2) is 50.5. The number of ether oxygens (including phenoxy) is 6. The van der Waals surface area contributed by atoms with E-state index >= 15 is 0 Å². The average Bonchev–Trinajstić information content (AvgIpc) is 0.764. The van der Waals surface area contributed by atoms with E-state index in [9.17, 15) is 75.7 Å². The van der Waals surface area contributed by atoms with Crippen LogP contribution in [0.15, 0.2) is 24.3 Å². The highest BCUT2D eigenvalue weighted by Gasteiger charge is 2.60. The first kappa shape index (κ1) is 84.4. The van der Waals surface area contributed by atoms with E-state index in [-0.39, 0.29) is 12.3 Å². The predicted molar refractivity (Wildman–Crippen MR) is 352 cm³/mol. The number of hydrogen-bond donors (Lipinski definition) is 14. The zero-order valence-electron chi connectivity index (χ0n) is 56.9. The fourth-order valence-corrected chi connectivity index (χ4v) is 12.6. The third-order valence-electron chi connectivity index (χ3n) is 18.4. The van der Waals surface area contributed by atoms with E-state index < -0.39 is 155 Å². The van der Waals surface area contributed by atoms with Crippen molar-refractivity contribution in [1.29, 1.82) is 0 Å². The van der Waals surface area contributed by atoms with Crippen LogP contribution in [0.4, 0.5) is 0 Å². The number of rotatable bonds is 55. The summed E-state index contributed by atoms with van der Waals surface area (Å²) in [4.78, 5) is 38.6. The van der Waals surface area contributed by atoms with Gasteiger partial charge in [0.15, 0.2) is 12.6 Å². The number of aliphatic hydroxyl groups is 11. The third-order valence-corrected chi connectivity index (χ3v) is 18.4. The number of aliphatic hydroxyl groups excluding tert-OH is 11. The van der Waals surface area contributed by atoms with Crippen molar-refractivity contribution in [2.24, 2.45) is 0 Å². The zero-order chi connectivity index (χ0) is 68.2. The third kappa shape index (κ3) is 32.6. The molecule has 18 atom stereocenters. The molecule has 3 saturated heterocycles. The summed E-state index contributed by atoms with van der Waals surface area (Å²) in [7, 11) is 0. The number of allylic oxidation sites excluding steroid dienone is 3. The van der Waals surface area contributed by atoms with Gasteiger partial charge in [-0.1, -0.05) is 224 Å². The molecule has 0 aromatic heterocycles. The van der Waals surface area contributed by atoms with Crippen LogP contribution in [0.2, 0.25) is 0 Å². The van der Waals surface area contributed by atoms with Gasteiger partial charge in [-0.15, -0.1) is 0 Å². The molecule has 23 heteroatoms. The van der Waals surface area contributed by atoms with Crippen molar-refractivity contribution >= 4 is 17.8 Å². The molecule has 0 radical (unpaired) electrons. The summed E-state index contributed by atoms with van der Waals surface area (Å²) in [6, 6.07) is -2.62. The van der Waals surface area contributed by atoms with Crippen LogP contribution >= 0.6 is 0 Å². The minimum absolute atomic E-state index is 0.196. The van der Waals surface area contributed by atoms with Crippen LogP contribution < -0.4 is 10.6 Å². The Bertz CT molecular complexity index is 1970. The Morgan fingerprint density at radius 1 is 0.559 bits per heavy atom. The lowest BCUT2D eigenvalue weighted by molar-refractivity contribution is -0.386. The van der Waals surface area contributed by atoms with E-state index in [1.807, 2.05) is 6.08 Å². The van der Waals surface area contributed by atoms with E-state index in [1.54, 1.807) is 6.08 Å². The summed E-state index contributed by atoms with van der Waals surface area (Å²) in [6.07, 6.45) is 22.1. The lowest BCUT2D eigenvalue weighted by Gasteiger charge is -2.50. The van der Waals surface area contributed by atoms with Crippen LogP contribution in [0.3, 0.4) is 0 Å². The summed E-state index contributed by atoms with van der Waals surface area (Å²) < 4.78 is 34.8. The number of unbranched alkanes of at least 4 members (excludes halogenated alkanes) is 33. The minimum Gasteiger partial charge on any atom is -0.477 e. The highest BCUT2D eigenvalue weighted by molar-refractivity contribution is 5.77. The van der Waals surface area contributed by atoms with Crippen molar-refractivity contribution in [3.63, 3.8) is 0 Å². The molecule has 23 nitrogen and oxygen atoms in total. The van der Waals surface area contributed by atoms with Gasteiger partial charge in [-0.3, -0.25) is 9.59 Å². The minimum atomic E-state index is -3.08. The predicted octanol–water partition coefficient (Wildman–Crippen LogP) is 7.23. The number of nitrogens with one attached hydrogen (secondary N) is 2. The summed E-state index contributed by atoms with van der Waals surface area (Å²) in [5, 5.41) is 136. The van der Waals surface area contributed by atoms with Gasteiger partial charge in [0.05, 0.1) is 50.7 Å². The molecule has 3 heterocycles. The molecule has 544 valence electrons. The number of aliphatic carboxylic acids is 1. The van der Waals surface area contributed by atoms with Crippen LogP contribution in [-0.2, 0) is 42.8 Å². The number of amides is 2. The highest BCUT2D eigenvalue weighted by atomic mass is 16.8. The van der Waals surface area contributed by atoms with Gasteiger partial charge >= 0.3 is 5.97 Å². The lowest BCUT2D eigenvalue weighted by Crippen LogP contribution is -2.70. The molecule has 3 rings (SSSR count). The van der Waals surface area contributed by atoms with Crippen LogP contribution in [0.1, 0.15) is 265 Å². The Morgan fingerprint density at radius 3 is 1.46 bits per heavy atom. The maximum absolute atomic E-state index is 13.5. The van der Waals surface area contributed by atoms with E-state index in [0.717, 1.165) is 77.6 Å². The SMILES string of the molecule is CCCCCCCCCC/C=C\CCCCCCCCCC(=O)NC(COC1OC(CO)C(OC2OC(CO)C(O)C(OC3(C(=O)O)CC(O)C(NC(C)=O)C(C(O)C(O)CO)O3)C2O)C(O)C1O)C(O)/C=C/CCCCCCCCCCCCCCCCCCCC. The molecular weight excluding hydrogens is 1200 g/mol. The molecule has 0 bridgehead atoms. The van der Waals surface area contributed by atoms with Gasteiger partial charge in [-0.05, 0) is 44.9 Å². The van der Waals surface area contributed by atoms with Crippen LogP contribution in [-0.4, -0.2) is 215 Å². The summed E-state index contributed by atoms with van der Waals surface area (Å²) in [6.45, 7) is 2.15. The molecule has 0 spiro atoms. The van der Waals surface area contributed by atoms with Gasteiger partial charge in [-0.2, -0.15) is 0 Å². The molecule has 0 aromatic rings. The fraction of sp³-hybridized carbons (Fsp3) is 0.900. The smallest absolute Gasteiger partial charge is 0.364 e. The molecule has 14 N–H and O–H groups in total. The molecule has 93 heavy (non-hydrogen) atoms. The standard InChI is InChI=1S/C70H128N2O21/c1-4-6-8-10-12-14-16-18-20-22-24-26-27-29-31-33-35-37-39-41-43-52(77)51(72-57(80)44-42-40-38-36-34-32-30-28-25-23-21-19-17-15-13-11-9-7-5-2)49-88-67-62(84)61(83)64(56(48-75)90-67)91-68-63(85)66(60(82)55(47-74)89-68)93-70(69(86)87)45-53(78)58(71-50(3)76)65(92-70)59(81)54(79)46-73/h23,25,41,43,51-56,58-68,73-75,77-79,81-85H,4-22,24,26-40,42,44-49H2,1-3H3,(H,71,76)(H,72,80)(H,86,87)/b25-23-,43-41+. The fourth-order valence-electron chi connectivity index (χ4n) is 12.6. The lowest BCUT2D eigenvalue weighted by atomic mass is 9.88. The maximum Gasteiger partial charge on any atom is 0.364 e. The second-order valence-corrected chi connectivity index (χ2v) is 26.4. The normalized spacial score (nSPS) is 28.2. The summed E-state index contributed by atoms with van der Waals surface area (Å²) in [5.41, 5.74) is 0. The van der Waals surface area contributed by atoms with Crippen molar-refractivity contribution in [2.75, 3.05) is 26.4 Å². The summed E-state index contributed by atoms with van der Waals surface area (Å²) >= 11 is 0. The Kier molecular flexibility index (Phi) is 45.9. The quantitative estimate of drug-likeness (QED) is 0.0211. The van der Waals surface area contributed by atoms with Gasteiger partial charge in [-0.25, -0.2) is 4.79 Å². The summed E-state index contributed by atoms with van der Waals surface area (Å²) in [5.74, 6) is -6.14. The average molecular weight is 1330 g/mol. The number of carbonyl (C=O) groups is 3. The van der Waals surface area contributed by atoms with Gasteiger partial charge in [0.2, 0.25) is 11.8 Å². The number of carboxylic acids is 1. The zero-order valence-corrected chi connectivity index (χ0v) is 56.9. The van der Waals surface area contributed by atoms with Gasteiger partial charge in [0.25, 0.3) is 5.79 Å². The first-order valence-corrected chi connectivity index (χ1v) is 36.2. The number of carbonyl (C=O) groups excluding carboxylic acids is 2. The maximum atomic E-state index is 13.5. The van der Waals surface area contributed by atoms with Crippen LogP contribution in [0.5, 0.6) is 0 Å². The Morgan fingerprint density at radius 2 is 1.01 bits per heavy atom. The largest absolute Gasteiger partial charge is 0.477 e. The Labute approximate surface area is 555 Å². The van der Waals surface area contributed by atoms with Crippen molar-refractivity contribution in [2.45, 2.75) is 375 Å². The highest BCUT2D eigenvalue weighted by Crippen LogP contribution is 2.39. The topological polar surface area (TPSA) is 373 Å². The van der Waals surface area contributed by atoms with Crippen LogP contribution in [0.25, 0.3) is 0 Å². The molecular formula is C70H128N2O21. The first-order valence-electron chi connectivity index (χ1n) is 36.2. The number of carboxylic acid groups (broad SMARTS) is 1. The molecule has 0 saturated carbocycles. The number of hydrogen-bond acceptors (Lipinski definition) is 20.